The van der Waals surface area contributed by atoms with Crippen molar-refractivity contribution in [1.29, 1.82) is 0 Å². The number of hydrazine groups is 1. The molecular formula is C15H11Cl3N4O3S2. The summed E-state index contributed by atoms with van der Waals surface area (Å²) in [7, 11) is -3.91. The van der Waals surface area contributed by atoms with Crippen molar-refractivity contribution in [2.75, 3.05) is 5.32 Å². The molecule has 2 amide bonds. The van der Waals surface area contributed by atoms with Crippen LogP contribution in [0.4, 0.5) is 10.5 Å². The van der Waals surface area contributed by atoms with Gasteiger partial charge in [0.15, 0.2) is 5.17 Å². The maximum Gasteiger partial charge on any atom is 0.337 e. The number of benzene rings is 2. The van der Waals surface area contributed by atoms with Crippen LogP contribution in [0.2, 0.25) is 15.1 Å². The molecule has 7 nitrogen and oxygen atoms in total. The van der Waals surface area contributed by atoms with E-state index in [9.17, 15) is 13.2 Å². The van der Waals surface area contributed by atoms with Gasteiger partial charge < -0.3 is 5.32 Å². The summed E-state index contributed by atoms with van der Waals surface area (Å²) in [4.78, 5) is 12.4. The van der Waals surface area contributed by atoms with E-state index in [-0.39, 0.29) is 15.1 Å². The number of carbonyl (C=O) groups is 1. The molecule has 1 aliphatic rings. The number of amides is 2. The fraction of sp³-hybridized carbons (Fsp3) is 0.0667. The zero-order valence-electron chi connectivity index (χ0n) is 13.5. The predicted molar refractivity (Wildman–Crippen MR) is 108 cm³/mol. The summed E-state index contributed by atoms with van der Waals surface area (Å²) in [5, 5.41) is 3.56. The van der Waals surface area contributed by atoms with Gasteiger partial charge in [-0.1, -0.05) is 34.8 Å². The number of nitrogens with zero attached hydrogens (tertiary/aromatic N) is 1. The summed E-state index contributed by atoms with van der Waals surface area (Å²) >= 11 is 18.8. The number of hydrogen-bond donors (Lipinski definition) is 3. The Labute approximate surface area is 174 Å². The first kappa shape index (κ1) is 20.1. The number of sulfonamides is 1. The highest BCUT2D eigenvalue weighted by atomic mass is 35.5. The first-order chi connectivity index (χ1) is 12.7. The molecule has 3 N–H and O–H groups in total. The van der Waals surface area contributed by atoms with Crippen molar-refractivity contribution >= 4 is 73.5 Å². The molecule has 2 aromatic rings. The standard InChI is InChI=1S/C15H11Cl3N4O3S2/c1-7-4-13-12(6-10(7)17)26-15(22-27(13,24)25)21-20-14(23)19-8-2-3-9(16)11(18)5-8/h2-6H,1H3,(H,21,22)(H2,19,20,23). The van der Waals surface area contributed by atoms with Crippen molar-refractivity contribution in [1.82, 2.24) is 10.9 Å². The number of rotatable bonds is 1. The molecule has 0 bridgehead atoms. The van der Waals surface area contributed by atoms with Gasteiger partial charge in [-0.3, -0.25) is 5.43 Å². The highest BCUT2D eigenvalue weighted by Gasteiger charge is 2.27. The highest BCUT2D eigenvalue weighted by molar-refractivity contribution is 8.15. The summed E-state index contributed by atoms with van der Waals surface area (Å²) in [6, 6.07) is 6.92. The molecule has 3 rings (SSSR count). The maximum absolute atomic E-state index is 12.3. The molecule has 0 radical (unpaired) electrons. The van der Waals surface area contributed by atoms with E-state index in [1.165, 1.54) is 18.2 Å². The Morgan fingerprint density at radius 3 is 2.52 bits per heavy atom. The maximum atomic E-state index is 12.3. The van der Waals surface area contributed by atoms with E-state index in [0.29, 0.717) is 26.2 Å². The molecule has 0 saturated carbocycles. The van der Waals surface area contributed by atoms with Crippen LogP contribution in [-0.2, 0) is 10.0 Å². The smallest absolute Gasteiger partial charge is 0.307 e. The molecule has 0 fully saturated rings. The van der Waals surface area contributed by atoms with Gasteiger partial charge >= 0.3 is 6.03 Å². The van der Waals surface area contributed by atoms with Gasteiger partial charge in [0, 0.05) is 15.6 Å². The molecule has 27 heavy (non-hydrogen) atoms. The van der Waals surface area contributed by atoms with E-state index >= 15 is 0 Å². The SMILES string of the molecule is Cc1cc2c(cc1Cl)SC(NNC(=O)Nc1ccc(Cl)c(Cl)c1)=NS2(=O)=O. The lowest BCUT2D eigenvalue weighted by Gasteiger charge is -2.18. The number of nitrogens with one attached hydrogen (secondary N) is 3. The molecule has 0 aromatic heterocycles. The lowest BCUT2D eigenvalue weighted by molar-refractivity contribution is 0.250. The summed E-state index contributed by atoms with van der Waals surface area (Å²) in [5.74, 6) is 0. The third-order valence-electron chi connectivity index (χ3n) is 3.37. The van der Waals surface area contributed by atoms with Gasteiger partial charge in [0.2, 0.25) is 0 Å². The number of fused-ring (bicyclic) bond motifs is 1. The van der Waals surface area contributed by atoms with Crippen molar-refractivity contribution in [3.05, 3.63) is 51.0 Å². The Morgan fingerprint density at radius 1 is 1.07 bits per heavy atom. The molecule has 0 saturated heterocycles. The third-order valence-corrected chi connectivity index (χ3v) is 7.02. The Balaban J connectivity index is 1.69. The minimum absolute atomic E-state index is 0.0216. The number of thioether (sulfide) groups is 1. The van der Waals surface area contributed by atoms with Gasteiger partial charge in [0.05, 0.1) is 10.0 Å². The van der Waals surface area contributed by atoms with Gasteiger partial charge in [-0.05, 0) is 54.6 Å². The molecular weight excluding hydrogens is 455 g/mol. The molecule has 1 aliphatic heterocycles. The molecule has 0 unspecified atom stereocenters. The lowest BCUT2D eigenvalue weighted by Crippen LogP contribution is -2.43. The first-order valence-electron chi connectivity index (χ1n) is 7.27. The van der Waals surface area contributed by atoms with Crippen molar-refractivity contribution in [2.45, 2.75) is 16.7 Å². The number of anilines is 1. The van der Waals surface area contributed by atoms with E-state index in [0.717, 1.165) is 11.8 Å². The van der Waals surface area contributed by atoms with Crippen LogP contribution in [0, 0.1) is 6.92 Å². The zero-order chi connectivity index (χ0) is 19.8. The van der Waals surface area contributed by atoms with E-state index in [1.807, 2.05) is 0 Å². The average molecular weight is 466 g/mol. The van der Waals surface area contributed by atoms with Crippen molar-refractivity contribution in [3.8, 4) is 0 Å². The van der Waals surface area contributed by atoms with Crippen LogP contribution < -0.4 is 16.2 Å². The van der Waals surface area contributed by atoms with E-state index in [1.54, 1.807) is 19.1 Å². The number of halogens is 3. The first-order valence-corrected chi connectivity index (χ1v) is 10.7. The summed E-state index contributed by atoms with van der Waals surface area (Å²) in [6.07, 6.45) is 0. The molecule has 1 heterocycles. The fourth-order valence-electron chi connectivity index (χ4n) is 2.09. The van der Waals surface area contributed by atoms with Crippen molar-refractivity contribution in [2.24, 2.45) is 4.40 Å². The Hall–Kier alpha value is -1.65. The number of hydrogen-bond acceptors (Lipinski definition) is 5. The van der Waals surface area contributed by atoms with Crippen molar-refractivity contribution < 1.29 is 13.2 Å². The van der Waals surface area contributed by atoms with E-state index in [4.69, 9.17) is 34.8 Å². The van der Waals surface area contributed by atoms with Crippen LogP contribution >= 0.6 is 46.6 Å². The molecule has 0 spiro atoms. The second-order valence-electron chi connectivity index (χ2n) is 5.35. The highest BCUT2D eigenvalue weighted by Crippen LogP contribution is 2.36. The third kappa shape index (κ3) is 4.61. The van der Waals surface area contributed by atoms with Crippen LogP contribution in [0.1, 0.15) is 5.56 Å². The quantitative estimate of drug-likeness (QED) is 0.541. The van der Waals surface area contributed by atoms with Gasteiger partial charge in [-0.25, -0.2) is 10.2 Å². The fourth-order valence-corrected chi connectivity index (χ4v) is 5.15. The van der Waals surface area contributed by atoms with Crippen molar-refractivity contribution in [3.63, 3.8) is 0 Å². The lowest BCUT2D eigenvalue weighted by atomic mass is 10.2. The molecule has 2 aromatic carbocycles. The van der Waals surface area contributed by atoms with Crippen LogP contribution in [0.15, 0.2) is 44.5 Å². The number of carbonyl (C=O) groups excluding carboxylic acids is 1. The summed E-state index contributed by atoms with van der Waals surface area (Å²) < 4.78 is 28.3. The van der Waals surface area contributed by atoms with Crippen LogP contribution in [0.3, 0.4) is 0 Å². The average Bonchev–Trinajstić information content (AvgIpc) is 2.58. The minimum atomic E-state index is -3.91. The Kier molecular flexibility index (Phi) is 5.78. The second-order valence-corrected chi connectivity index (χ2v) is 9.18. The number of amidine groups is 1. The normalized spacial score (nSPS) is 14.7. The number of urea groups is 1. The van der Waals surface area contributed by atoms with Crippen LogP contribution in [-0.4, -0.2) is 19.6 Å². The van der Waals surface area contributed by atoms with Gasteiger partial charge in [-0.15, -0.1) is 4.40 Å². The Morgan fingerprint density at radius 2 is 1.81 bits per heavy atom. The summed E-state index contributed by atoms with van der Waals surface area (Å²) in [5.41, 5.74) is 5.81. The van der Waals surface area contributed by atoms with Gasteiger partial charge in [0.1, 0.15) is 4.90 Å². The summed E-state index contributed by atoms with van der Waals surface area (Å²) in [6.45, 7) is 1.70. The minimum Gasteiger partial charge on any atom is -0.307 e. The van der Waals surface area contributed by atoms with Gasteiger partial charge in [-0.2, -0.15) is 8.42 Å². The molecule has 0 atom stereocenters. The zero-order valence-corrected chi connectivity index (χ0v) is 17.4. The predicted octanol–water partition coefficient (Wildman–Crippen LogP) is 4.43. The van der Waals surface area contributed by atoms with E-state index in [2.05, 4.69) is 20.6 Å². The van der Waals surface area contributed by atoms with Gasteiger partial charge in [0.25, 0.3) is 10.0 Å². The largest absolute Gasteiger partial charge is 0.337 e. The molecule has 0 aliphatic carbocycles. The molecule has 142 valence electrons. The van der Waals surface area contributed by atoms with Crippen LogP contribution in [0.25, 0.3) is 0 Å². The Bertz CT molecular complexity index is 1070. The monoisotopic (exact) mass is 464 g/mol. The topological polar surface area (TPSA) is 99.7 Å². The van der Waals surface area contributed by atoms with E-state index < -0.39 is 16.1 Å². The number of aryl methyl sites for hydroxylation is 1. The second kappa shape index (κ2) is 7.76. The molecule has 12 heteroatoms. The van der Waals surface area contributed by atoms with Crippen LogP contribution in [0.5, 0.6) is 0 Å².